The number of pyridine rings is 1. The van der Waals surface area contributed by atoms with Crippen molar-refractivity contribution in [3.63, 3.8) is 0 Å². The molecule has 3 rings (SSSR count). The number of hydrogen-bond donors (Lipinski definition) is 2. The standard InChI is InChI=1S/C16H15F2N5O2S/c1-3-23-5-4-8(22-23)15(25)21-11-10-7(2)6-9(13(17)18)20-16(10)26-12(11)14(19)24/h4-6,13H,3H2,1-2H3,(H2,19,24)(H,21,25). The number of halogens is 2. The van der Waals surface area contributed by atoms with Gasteiger partial charge in [0.25, 0.3) is 18.2 Å². The number of anilines is 1. The normalized spacial score (nSPS) is 11.3. The van der Waals surface area contributed by atoms with Crippen molar-refractivity contribution in [1.29, 1.82) is 0 Å². The minimum absolute atomic E-state index is 0.0466. The smallest absolute Gasteiger partial charge is 0.280 e. The third-order valence-electron chi connectivity index (χ3n) is 3.76. The third-order valence-corrected chi connectivity index (χ3v) is 4.86. The molecule has 3 aromatic heterocycles. The van der Waals surface area contributed by atoms with Gasteiger partial charge in [-0.05, 0) is 31.5 Å². The van der Waals surface area contributed by atoms with E-state index in [0.717, 1.165) is 11.3 Å². The maximum Gasteiger partial charge on any atom is 0.280 e. The van der Waals surface area contributed by atoms with Crippen molar-refractivity contribution in [2.75, 3.05) is 5.32 Å². The maximum atomic E-state index is 13.0. The number of carbonyl (C=O) groups is 2. The summed E-state index contributed by atoms with van der Waals surface area (Å²) in [6, 6.07) is 2.77. The fourth-order valence-corrected chi connectivity index (χ4v) is 3.61. The number of aromatic nitrogens is 3. The average molecular weight is 379 g/mol. The molecule has 0 unspecified atom stereocenters. The highest BCUT2D eigenvalue weighted by Crippen LogP contribution is 2.38. The molecule has 0 aliphatic heterocycles. The molecule has 10 heteroatoms. The summed E-state index contributed by atoms with van der Waals surface area (Å²) in [6.45, 7) is 4.08. The van der Waals surface area contributed by atoms with Crippen LogP contribution < -0.4 is 11.1 Å². The Morgan fingerprint density at radius 2 is 2.15 bits per heavy atom. The number of nitrogens with zero attached hydrogens (tertiary/aromatic N) is 3. The Morgan fingerprint density at radius 1 is 1.42 bits per heavy atom. The second-order valence-electron chi connectivity index (χ2n) is 5.53. The van der Waals surface area contributed by atoms with Gasteiger partial charge < -0.3 is 11.1 Å². The van der Waals surface area contributed by atoms with E-state index in [1.807, 2.05) is 6.92 Å². The third kappa shape index (κ3) is 3.15. The van der Waals surface area contributed by atoms with Gasteiger partial charge in [-0.15, -0.1) is 11.3 Å². The fraction of sp³-hybridized carbons (Fsp3) is 0.250. The molecule has 0 bridgehead atoms. The Hall–Kier alpha value is -2.88. The van der Waals surface area contributed by atoms with Crippen molar-refractivity contribution in [1.82, 2.24) is 14.8 Å². The number of hydrogen-bond acceptors (Lipinski definition) is 5. The summed E-state index contributed by atoms with van der Waals surface area (Å²) in [6.07, 6.45) is -1.09. The lowest BCUT2D eigenvalue weighted by molar-refractivity contribution is 0.100. The molecule has 136 valence electrons. The lowest BCUT2D eigenvalue weighted by Crippen LogP contribution is -2.17. The average Bonchev–Trinajstić information content (AvgIpc) is 3.19. The van der Waals surface area contributed by atoms with Gasteiger partial charge >= 0.3 is 0 Å². The van der Waals surface area contributed by atoms with Gasteiger partial charge in [0.05, 0.1) is 5.69 Å². The van der Waals surface area contributed by atoms with Crippen molar-refractivity contribution >= 4 is 39.1 Å². The molecule has 3 aromatic rings. The molecule has 3 heterocycles. The zero-order valence-electron chi connectivity index (χ0n) is 13.9. The summed E-state index contributed by atoms with van der Waals surface area (Å²) in [4.78, 5) is 28.4. The van der Waals surface area contributed by atoms with Gasteiger partial charge in [0, 0.05) is 18.1 Å². The predicted molar refractivity (Wildman–Crippen MR) is 93.7 cm³/mol. The van der Waals surface area contributed by atoms with E-state index in [4.69, 9.17) is 5.73 Å². The van der Waals surface area contributed by atoms with Crippen LogP contribution in [0.3, 0.4) is 0 Å². The topological polar surface area (TPSA) is 103 Å². The van der Waals surface area contributed by atoms with Gasteiger partial charge in [-0.25, -0.2) is 13.8 Å². The van der Waals surface area contributed by atoms with E-state index >= 15 is 0 Å². The highest BCUT2D eigenvalue weighted by molar-refractivity contribution is 7.21. The largest absolute Gasteiger partial charge is 0.365 e. The number of alkyl halides is 2. The van der Waals surface area contributed by atoms with Gasteiger partial charge in [0.2, 0.25) is 0 Å². The molecule has 7 nitrogen and oxygen atoms in total. The molecule has 2 amide bonds. The van der Waals surface area contributed by atoms with Crippen molar-refractivity contribution in [3.05, 3.63) is 40.2 Å². The van der Waals surface area contributed by atoms with Crippen LogP contribution in [0.1, 0.15) is 44.8 Å². The van der Waals surface area contributed by atoms with Crippen LogP contribution in [0.5, 0.6) is 0 Å². The van der Waals surface area contributed by atoms with Gasteiger partial charge in [-0.1, -0.05) is 0 Å². The highest BCUT2D eigenvalue weighted by atomic mass is 32.1. The van der Waals surface area contributed by atoms with Crippen LogP contribution in [0, 0.1) is 6.92 Å². The Labute approximate surface area is 150 Å². The van der Waals surface area contributed by atoms with Crippen molar-refractivity contribution < 1.29 is 18.4 Å². The molecule has 0 aliphatic rings. The Morgan fingerprint density at radius 3 is 2.73 bits per heavy atom. The molecule has 0 saturated carbocycles. The Bertz CT molecular complexity index is 1010. The second kappa shape index (κ2) is 6.79. The number of nitrogens with one attached hydrogen (secondary N) is 1. The number of aryl methyl sites for hydroxylation is 2. The molecule has 0 spiro atoms. The zero-order valence-corrected chi connectivity index (χ0v) is 14.7. The molecule has 0 radical (unpaired) electrons. The molecular formula is C16H15F2N5O2S. The first-order chi connectivity index (χ1) is 12.3. The van der Waals surface area contributed by atoms with Crippen LogP contribution in [0.4, 0.5) is 14.5 Å². The van der Waals surface area contributed by atoms with Gasteiger partial charge in [-0.2, -0.15) is 5.10 Å². The number of amides is 2. The first-order valence-electron chi connectivity index (χ1n) is 7.68. The first kappa shape index (κ1) is 17.9. The number of fused-ring (bicyclic) bond motifs is 1. The monoisotopic (exact) mass is 379 g/mol. The minimum Gasteiger partial charge on any atom is -0.365 e. The first-order valence-corrected chi connectivity index (χ1v) is 8.50. The SMILES string of the molecule is CCn1ccc(C(=O)Nc2c(C(N)=O)sc3nc(C(F)F)cc(C)c23)n1. The molecular weight excluding hydrogens is 364 g/mol. The fourth-order valence-electron chi connectivity index (χ4n) is 2.55. The van der Waals surface area contributed by atoms with E-state index in [2.05, 4.69) is 15.4 Å². The lowest BCUT2D eigenvalue weighted by atomic mass is 10.1. The molecule has 3 N–H and O–H groups in total. The zero-order chi connectivity index (χ0) is 19.0. The number of rotatable bonds is 5. The summed E-state index contributed by atoms with van der Waals surface area (Å²) in [5.41, 5.74) is 5.79. The predicted octanol–water partition coefficient (Wildman–Crippen LogP) is 3.11. The number of primary amides is 1. The minimum atomic E-state index is -2.74. The number of carbonyl (C=O) groups excluding carboxylic acids is 2. The van der Waals surface area contributed by atoms with Crippen LogP contribution in [0.15, 0.2) is 18.3 Å². The second-order valence-corrected chi connectivity index (χ2v) is 6.53. The Kier molecular flexibility index (Phi) is 4.68. The van der Waals surface area contributed by atoms with Crippen LogP contribution in [0.2, 0.25) is 0 Å². The maximum absolute atomic E-state index is 13.0. The van der Waals surface area contributed by atoms with Gasteiger partial charge in [0.15, 0.2) is 5.69 Å². The van der Waals surface area contributed by atoms with Crippen molar-refractivity contribution in [2.45, 2.75) is 26.8 Å². The van der Waals surface area contributed by atoms with E-state index in [1.54, 1.807) is 17.8 Å². The van der Waals surface area contributed by atoms with E-state index in [-0.39, 0.29) is 21.1 Å². The summed E-state index contributed by atoms with van der Waals surface area (Å²) in [5.74, 6) is -1.31. The van der Waals surface area contributed by atoms with Crippen molar-refractivity contribution in [2.24, 2.45) is 5.73 Å². The van der Waals surface area contributed by atoms with Gasteiger partial charge in [-0.3, -0.25) is 14.3 Å². The summed E-state index contributed by atoms with van der Waals surface area (Å²) < 4.78 is 27.5. The van der Waals surface area contributed by atoms with Crippen molar-refractivity contribution in [3.8, 4) is 0 Å². The van der Waals surface area contributed by atoms with E-state index in [9.17, 15) is 18.4 Å². The summed E-state index contributed by atoms with van der Waals surface area (Å²) in [7, 11) is 0. The molecule has 0 saturated heterocycles. The Balaban J connectivity index is 2.09. The molecule has 0 atom stereocenters. The lowest BCUT2D eigenvalue weighted by Gasteiger charge is -2.07. The van der Waals surface area contributed by atoms with E-state index < -0.39 is 23.9 Å². The molecule has 0 fully saturated rings. The van der Waals surface area contributed by atoms with Gasteiger partial charge in [0.1, 0.15) is 15.4 Å². The van der Waals surface area contributed by atoms with E-state index in [0.29, 0.717) is 17.5 Å². The summed E-state index contributed by atoms with van der Waals surface area (Å²) >= 11 is 0.865. The summed E-state index contributed by atoms with van der Waals surface area (Å²) in [5, 5.41) is 7.14. The molecule has 0 aromatic carbocycles. The van der Waals surface area contributed by atoms with Crippen LogP contribution in [-0.4, -0.2) is 26.6 Å². The van der Waals surface area contributed by atoms with E-state index in [1.165, 1.54) is 12.1 Å². The molecule has 0 aliphatic carbocycles. The van der Waals surface area contributed by atoms with Crippen LogP contribution in [0.25, 0.3) is 10.2 Å². The van der Waals surface area contributed by atoms with Crippen LogP contribution in [-0.2, 0) is 6.54 Å². The molecule has 26 heavy (non-hydrogen) atoms. The number of thiophene rings is 1. The number of nitrogens with two attached hydrogens (primary N) is 1. The quantitative estimate of drug-likeness (QED) is 0.711. The van der Waals surface area contributed by atoms with Crippen LogP contribution >= 0.6 is 11.3 Å². The highest BCUT2D eigenvalue weighted by Gasteiger charge is 2.23.